The first-order valence-electron chi connectivity index (χ1n) is 10.2. The van der Waals surface area contributed by atoms with Crippen molar-refractivity contribution in [1.82, 2.24) is 4.98 Å². The Morgan fingerprint density at radius 1 is 0.867 bits per heavy atom. The first-order valence-corrected chi connectivity index (χ1v) is 11.0. The van der Waals surface area contributed by atoms with Crippen molar-refractivity contribution in [1.29, 1.82) is 0 Å². The molecule has 0 aliphatic rings. The molecule has 6 aromatic rings. The molecule has 146 valence electrons. The van der Waals surface area contributed by atoms with Gasteiger partial charge in [-0.1, -0.05) is 45.0 Å². The van der Waals surface area contributed by atoms with E-state index in [1.165, 1.54) is 42.1 Å². The van der Waals surface area contributed by atoms with Gasteiger partial charge in [-0.15, -0.1) is 11.3 Å². The Balaban J connectivity index is 1.71. The lowest BCUT2D eigenvalue weighted by Gasteiger charge is -2.22. The first kappa shape index (κ1) is 17.7. The molecule has 0 bridgehead atoms. The van der Waals surface area contributed by atoms with E-state index in [9.17, 15) is 0 Å². The van der Waals surface area contributed by atoms with Crippen LogP contribution >= 0.6 is 11.3 Å². The van der Waals surface area contributed by atoms with Crippen LogP contribution in [0.3, 0.4) is 0 Å². The summed E-state index contributed by atoms with van der Waals surface area (Å²) in [7, 11) is 0. The molecule has 3 heterocycles. The van der Waals surface area contributed by atoms with Crippen LogP contribution in [0.1, 0.15) is 26.3 Å². The van der Waals surface area contributed by atoms with E-state index in [2.05, 4.69) is 75.4 Å². The third kappa shape index (κ3) is 2.52. The molecule has 0 aliphatic heterocycles. The lowest BCUT2D eigenvalue weighted by atomic mass is 9.82. The largest absolute Gasteiger partial charge is 0.464 e. The van der Waals surface area contributed by atoms with Crippen molar-refractivity contribution in [3.05, 3.63) is 78.7 Å². The number of hydrogen-bond acceptors (Lipinski definition) is 3. The molecule has 0 saturated carbocycles. The Bertz CT molecular complexity index is 1580. The molecule has 6 rings (SSSR count). The zero-order chi connectivity index (χ0) is 20.5. The van der Waals surface area contributed by atoms with Gasteiger partial charge < -0.3 is 4.42 Å². The summed E-state index contributed by atoms with van der Waals surface area (Å²) in [5, 5.41) is 6.12. The van der Waals surface area contributed by atoms with Crippen LogP contribution in [0.2, 0.25) is 0 Å². The Morgan fingerprint density at radius 2 is 1.73 bits per heavy atom. The van der Waals surface area contributed by atoms with Gasteiger partial charge in [0.15, 0.2) is 0 Å². The summed E-state index contributed by atoms with van der Waals surface area (Å²) < 4.78 is 8.30. The van der Waals surface area contributed by atoms with Crippen LogP contribution < -0.4 is 0 Å². The number of benzene rings is 3. The highest BCUT2D eigenvalue weighted by Crippen LogP contribution is 2.43. The van der Waals surface area contributed by atoms with Crippen molar-refractivity contribution in [3.8, 4) is 11.3 Å². The van der Waals surface area contributed by atoms with E-state index >= 15 is 0 Å². The Hall–Kier alpha value is -3.17. The summed E-state index contributed by atoms with van der Waals surface area (Å²) in [6.07, 6.45) is 3.70. The summed E-state index contributed by atoms with van der Waals surface area (Å²) >= 11 is 1.80. The van der Waals surface area contributed by atoms with Gasteiger partial charge >= 0.3 is 0 Å². The molecule has 2 nitrogen and oxygen atoms in total. The first-order chi connectivity index (χ1) is 14.5. The van der Waals surface area contributed by atoms with Crippen molar-refractivity contribution in [2.24, 2.45) is 0 Å². The molecule has 0 spiro atoms. The zero-order valence-electron chi connectivity index (χ0n) is 17.2. The van der Waals surface area contributed by atoms with E-state index < -0.39 is 0 Å². The second-order valence-electron chi connectivity index (χ2n) is 8.91. The van der Waals surface area contributed by atoms with E-state index in [4.69, 9.17) is 9.40 Å². The Labute approximate surface area is 178 Å². The molecule has 3 heteroatoms. The maximum atomic E-state index is 5.85. The minimum absolute atomic E-state index is 0.0456. The average molecular weight is 408 g/mol. The minimum Gasteiger partial charge on any atom is -0.464 e. The molecule has 0 N–H and O–H groups in total. The van der Waals surface area contributed by atoms with Crippen LogP contribution in [-0.4, -0.2) is 4.98 Å². The monoisotopic (exact) mass is 407 g/mol. The number of thiophene rings is 1. The molecule has 0 amide bonds. The van der Waals surface area contributed by atoms with Gasteiger partial charge in [0.05, 0.1) is 16.7 Å². The van der Waals surface area contributed by atoms with Gasteiger partial charge in [0.25, 0.3) is 0 Å². The number of aromatic nitrogens is 1. The quantitative estimate of drug-likeness (QED) is 0.274. The van der Waals surface area contributed by atoms with Crippen LogP contribution in [0, 0.1) is 0 Å². The highest BCUT2D eigenvalue weighted by atomic mass is 32.1. The molecule has 0 radical (unpaired) electrons. The molecule has 0 atom stereocenters. The van der Waals surface area contributed by atoms with Crippen molar-refractivity contribution >= 4 is 53.3 Å². The highest BCUT2D eigenvalue weighted by molar-refractivity contribution is 7.26. The number of fused-ring (bicyclic) bond motifs is 6. The summed E-state index contributed by atoms with van der Waals surface area (Å²) in [6.45, 7) is 6.83. The number of furan rings is 1. The lowest BCUT2D eigenvalue weighted by molar-refractivity contribution is 0.596. The molecular weight excluding hydrogens is 386 g/mol. The zero-order valence-corrected chi connectivity index (χ0v) is 18.0. The smallest absolute Gasteiger partial charge is 0.143 e. The lowest BCUT2D eigenvalue weighted by Crippen LogP contribution is -2.12. The Morgan fingerprint density at radius 3 is 2.60 bits per heavy atom. The molecule has 3 aromatic heterocycles. The number of nitrogens with zero attached hydrogens (tertiary/aromatic N) is 1. The van der Waals surface area contributed by atoms with Gasteiger partial charge in [-0.3, -0.25) is 4.98 Å². The standard InChI is InChI=1S/C27H21NOS/c1-27(2,3)21-15-18(14-17-6-4-5-7-19(17)21)24-26-20(10-12-28-24)23-22(30-26)9-8-16-11-13-29-25(16)23/h4-15H,1-3H3. The summed E-state index contributed by atoms with van der Waals surface area (Å²) in [5.74, 6) is 0. The third-order valence-electron chi connectivity index (χ3n) is 5.91. The molecule has 0 fully saturated rings. The maximum Gasteiger partial charge on any atom is 0.143 e. The summed E-state index contributed by atoms with van der Waals surface area (Å²) in [6, 6.07) is 21.7. The van der Waals surface area contributed by atoms with Gasteiger partial charge in [-0.2, -0.15) is 0 Å². The van der Waals surface area contributed by atoms with Crippen LogP contribution in [0.5, 0.6) is 0 Å². The Kier molecular flexibility index (Phi) is 3.63. The van der Waals surface area contributed by atoms with Crippen molar-refractivity contribution < 1.29 is 4.42 Å². The topological polar surface area (TPSA) is 26.0 Å². The maximum absolute atomic E-state index is 5.85. The van der Waals surface area contributed by atoms with Gasteiger partial charge in [0, 0.05) is 32.6 Å². The van der Waals surface area contributed by atoms with Gasteiger partial charge in [0.1, 0.15) is 5.58 Å². The van der Waals surface area contributed by atoms with Crippen LogP contribution in [-0.2, 0) is 5.41 Å². The van der Waals surface area contributed by atoms with Crippen molar-refractivity contribution in [2.45, 2.75) is 26.2 Å². The second-order valence-corrected chi connectivity index (χ2v) is 9.96. The van der Waals surface area contributed by atoms with E-state index in [0.29, 0.717) is 0 Å². The molecule has 0 aliphatic carbocycles. The fourth-order valence-electron chi connectivity index (χ4n) is 4.49. The van der Waals surface area contributed by atoms with Crippen molar-refractivity contribution in [2.75, 3.05) is 0 Å². The summed E-state index contributed by atoms with van der Waals surface area (Å²) in [5.41, 5.74) is 4.58. The molecule has 3 aromatic carbocycles. The van der Waals surface area contributed by atoms with Gasteiger partial charge in [-0.25, -0.2) is 0 Å². The van der Waals surface area contributed by atoms with Crippen LogP contribution in [0.4, 0.5) is 0 Å². The van der Waals surface area contributed by atoms with Gasteiger partial charge in [0.2, 0.25) is 0 Å². The third-order valence-corrected chi connectivity index (χ3v) is 7.09. The number of rotatable bonds is 1. The molecule has 30 heavy (non-hydrogen) atoms. The predicted molar refractivity (Wildman–Crippen MR) is 129 cm³/mol. The summed E-state index contributed by atoms with van der Waals surface area (Å²) in [4.78, 5) is 4.85. The van der Waals surface area contributed by atoms with Crippen LogP contribution in [0.15, 0.2) is 77.5 Å². The average Bonchev–Trinajstić information content (AvgIpc) is 3.35. The van der Waals surface area contributed by atoms with E-state index in [1.807, 2.05) is 12.3 Å². The van der Waals surface area contributed by atoms with E-state index in [1.54, 1.807) is 17.6 Å². The van der Waals surface area contributed by atoms with Crippen molar-refractivity contribution in [3.63, 3.8) is 0 Å². The predicted octanol–water partition coefficient (Wildman–Crippen LogP) is 8.31. The second kappa shape index (κ2) is 6.16. The SMILES string of the molecule is CC(C)(C)c1cc(-c2nccc3c2sc2ccc4ccoc4c23)cc2ccccc12. The number of pyridine rings is 1. The highest BCUT2D eigenvalue weighted by Gasteiger charge is 2.20. The fraction of sp³-hybridized carbons (Fsp3) is 0.148. The molecular formula is C27H21NOS. The van der Waals surface area contributed by atoms with Crippen LogP contribution in [0.25, 0.3) is 53.2 Å². The van der Waals surface area contributed by atoms with E-state index in [0.717, 1.165) is 16.7 Å². The number of hydrogen-bond donors (Lipinski definition) is 0. The van der Waals surface area contributed by atoms with E-state index in [-0.39, 0.29) is 5.41 Å². The van der Waals surface area contributed by atoms with Gasteiger partial charge in [-0.05, 0) is 58.1 Å². The normalized spacial score (nSPS) is 12.5. The fourth-order valence-corrected chi connectivity index (χ4v) is 5.69. The minimum atomic E-state index is 0.0456. The molecule has 0 saturated heterocycles. The molecule has 0 unspecified atom stereocenters.